The molecule has 0 heterocycles. The van der Waals surface area contributed by atoms with Crippen LogP contribution >= 0.6 is 12.4 Å². The highest BCUT2D eigenvalue weighted by Crippen LogP contribution is 2.26. The number of hydrogen-bond acceptors (Lipinski definition) is 2. The normalized spacial score (nSPS) is 10.7. The van der Waals surface area contributed by atoms with Gasteiger partial charge in [0.25, 0.3) is 0 Å². The lowest BCUT2D eigenvalue weighted by atomic mass is 9.81. The summed E-state index contributed by atoms with van der Waals surface area (Å²) < 4.78 is 0. The van der Waals surface area contributed by atoms with E-state index in [1.54, 1.807) is 0 Å². The molecule has 0 bridgehead atoms. The Morgan fingerprint density at radius 3 is 2.42 bits per heavy atom. The zero-order chi connectivity index (χ0) is 13.4. The predicted molar refractivity (Wildman–Crippen MR) is 82.6 cm³/mol. The molecular weight excluding hydrogens is 260 g/mol. The number of hydrogen-bond donors (Lipinski definition) is 2. The molecule has 1 amide bonds. The highest BCUT2D eigenvalue weighted by Gasteiger charge is 2.23. The van der Waals surface area contributed by atoms with Crippen LogP contribution in [0.25, 0.3) is 0 Å². The van der Waals surface area contributed by atoms with Gasteiger partial charge < -0.3 is 11.1 Å². The first-order valence-electron chi connectivity index (χ1n) is 6.58. The fourth-order valence-electron chi connectivity index (χ4n) is 1.95. The average molecular weight is 285 g/mol. The lowest BCUT2D eigenvalue weighted by Gasteiger charge is -2.24. The van der Waals surface area contributed by atoms with E-state index in [-0.39, 0.29) is 23.7 Å². The van der Waals surface area contributed by atoms with Gasteiger partial charge in [-0.1, -0.05) is 44.2 Å². The number of carbonyl (C=O) groups is 1. The Balaban J connectivity index is 0.00000324. The summed E-state index contributed by atoms with van der Waals surface area (Å²) in [6, 6.07) is 10.2. The van der Waals surface area contributed by atoms with E-state index >= 15 is 0 Å². The van der Waals surface area contributed by atoms with Gasteiger partial charge in [-0.2, -0.15) is 0 Å². The number of nitrogens with two attached hydrogens (primary N) is 1. The second kappa shape index (κ2) is 8.94. The largest absolute Gasteiger partial charge is 0.356 e. The van der Waals surface area contributed by atoms with E-state index < -0.39 is 0 Å². The number of nitrogens with one attached hydrogen (secondary N) is 1. The van der Waals surface area contributed by atoms with Crippen LogP contribution in [-0.2, 0) is 10.2 Å². The molecule has 0 spiro atoms. The number of rotatable bonds is 7. The molecule has 0 aliphatic rings. The Morgan fingerprint density at radius 1 is 1.21 bits per heavy atom. The maximum absolute atomic E-state index is 11.9. The topological polar surface area (TPSA) is 55.1 Å². The van der Waals surface area contributed by atoms with Crippen molar-refractivity contribution in [3.05, 3.63) is 35.9 Å². The third kappa shape index (κ3) is 6.60. The summed E-state index contributed by atoms with van der Waals surface area (Å²) in [5.74, 6) is 0.112. The van der Waals surface area contributed by atoms with Crippen LogP contribution in [0.3, 0.4) is 0 Å². The minimum Gasteiger partial charge on any atom is -0.356 e. The number of unbranched alkanes of at least 4 members (excludes halogenated alkanes) is 1. The van der Waals surface area contributed by atoms with Gasteiger partial charge in [0, 0.05) is 13.0 Å². The molecule has 0 atom stereocenters. The van der Waals surface area contributed by atoms with Gasteiger partial charge in [-0.05, 0) is 30.4 Å². The highest BCUT2D eigenvalue weighted by atomic mass is 35.5. The first kappa shape index (κ1) is 17.9. The number of benzene rings is 1. The standard InChI is InChI=1S/C15H24N2O.ClH/c1-15(2,13-8-4-3-5-9-13)12-14(18)17-11-7-6-10-16;/h3-5,8-9H,6-7,10-12,16H2,1-2H3,(H,17,18);1H. The van der Waals surface area contributed by atoms with E-state index in [1.165, 1.54) is 5.56 Å². The molecule has 0 aromatic heterocycles. The van der Waals surface area contributed by atoms with E-state index in [0.717, 1.165) is 19.4 Å². The van der Waals surface area contributed by atoms with Gasteiger partial charge in [-0.25, -0.2) is 0 Å². The summed E-state index contributed by atoms with van der Waals surface area (Å²) in [4.78, 5) is 11.9. The monoisotopic (exact) mass is 284 g/mol. The molecule has 3 N–H and O–H groups in total. The Labute approximate surface area is 122 Å². The summed E-state index contributed by atoms with van der Waals surface area (Å²) in [7, 11) is 0. The van der Waals surface area contributed by atoms with Gasteiger partial charge in [0.1, 0.15) is 0 Å². The molecule has 4 heteroatoms. The summed E-state index contributed by atoms with van der Waals surface area (Å²) in [6.07, 6.45) is 2.43. The van der Waals surface area contributed by atoms with E-state index in [9.17, 15) is 4.79 Å². The second-order valence-corrected chi connectivity index (χ2v) is 5.27. The van der Waals surface area contributed by atoms with Crippen LogP contribution in [0.2, 0.25) is 0 Å². The molecule has 1 aromatic carbocycles. The first-order valence-corrected chi connectivity index (χ1v) is 6.58. The van der Waals surface area contributed by atoms with E-state index in [0.29, 0.717) is 13.0 Å². The van der Waals surface area contributed by atoms with Crippen molar-refractivity contribution in [2.45, 2.75) is 38.5 Å². The van der Waals surface area contributed by atoms with E-state index in [2.05, 4.69) is 31.3 Å². The molecule has 3 nitrogen and oxygen atoms in total. The van der Waals surface area contributed by atoms with Crippen LogP contribution in [0.15, 0.2) is 30.3 Å². The van der Waals surface area contributed by atoms with Crippen LogP contribution in [0.1, 0.15) is 38.7 Å². The highest BCUT2D eigenvalue weighted by molar-refractivity contribution is 5.85. The summed E-state index contributed by atoms with van der Waals surface area (Å²) in [5.41, 5.74) is 6.48. The lowest BCUT2D eigenvalue weighted by molar-refractivity contribution is -0.122. The maximum Gasteiger partial charge on any atom is 0.220 e. The maximum atomic E-state index is 11.9. The first-order chi connectivity index (χ1) is 8.56. The van der Waals surface area contributed by atoms with Crippen LogP contribution in [0.5, 0.6) is 0 Å². The Kier molecular flexibility index (Phi) is 8.44. The van der Waals surface area contributed by atoms with Gasteiger partial charge in [-0.3, -0.25) is 4.79 Å². The molecule has 0 aliphatic heterocycles. The third-order valence-electron chi connectivity index (χ3n) is 3.11. The van der Waals surface area contributed by atoms with Crippen LogP contribution in [0, 0.1) is 0 Å². The minimum atomic E-state index is -0.126. The van der Waals surface area contributed by atoms with Gasteiger partial charge in [-0.15, -0.1) is 12.4 Å². The van der Waals surface area contributed by atoms with Gasteiger partial charge in [0.05, 0.1) is 0 Å². The quantitative estimate of drug-likeness (QED) is 0.756. The summed E-state index contributed by atoms with van der Waals surface area (Å²) >= 11 is 0. The molecule has 19 heavy (non-hydrogen) atoms. The van der Waals surface area contributed by atoms with Crippen molar-refractivity contribution in [1.82, 2.24) is 5.32 Å². The zero-order valence-electron chi connectivity index (χ0n) is 11.8. The van der Waals surface area contributed by atoms with Crippen molar-refractivity contribution < 1.29 is 4.79 Å². The Morgan fingerprint density at radius 2 is 1.84 bits per heavy atom. The van der Waals surface area contributed by atoms with Crippen LogP contribution in [-0.4, -0.2) is 19.0 Å². The zero-order valence-corrected chi connectivity index (χ0v) is 12.6. The molecule has 0 saturated carbocycles. The van der Waals surface area contributed by atoms with Crippen molar-refractivity contribution in [2.24, 2.45) is 5.73 Å². The molecule has 0 radical (unpaired) electrons. The van der Waals surface area contributed by atoms with Crippen molar-refractivity contribution in [3.63, 3.8) is 0 Å². The average Bonchev–Trinajstić information content (AvgIpc) is 2.35. The molecule has 0 unspecified atom stereocenters. The van der Waals surface area contributed by atoms with Gasteiger partial charge in [0.15, 0.2) is 0 Å². The minimum absolute atomic E-state index is 0. The fourth-order valence-corrected chi connectivity index (χ4v) is 1.95. The van der Waals surface area contributed by atoms with Gasteiger partial charge in [0.2, 0.25) is 5.91 Å². The number of carbonyl (C=O) groups excluding carboxylic acids is 1. The second-order valence-electron chi connectivity index (χ2n) is 5.27. The molecule has 0 fully saturated rings. The van der Waals surface area contributed by atoms with Crippen molar-refractivity contribution in [2.75, 3.05) is 13.1 Å². The molecular formula is C15H25ClN2O. The summed E-state index contributed by atoms with van der Waals surface area (Å²) in [6.45, 7) is 5.61. The van der Waals surface area contributed by atoms with E-state index in [4.69, 9.17) is 5.73 Å². The molecule has 0 saturated heterocycles. The van der Waals surface area contributed by atoms with Crippen molar-refractivity contribution >= 4 is 18.3 Å². The van der Waals surface area contributed by atoms with E-state index in [1.807, 2.05) is 18.2 Å². The number of amides is 1. The lowest BCUT2D eigenvalue weighted by Crippen LogP contribution is -2.31. The SMILES string of the molecule is CC(C)(CC(=O)NCCCCN)c1ccccc1.Cl. The van der Waals surface area contributed by atoms with Crippen LogP contribution < -0.4 is 11.1 Å². The predicted octanol–water partition coefficient (Wildman–Crippen LogP) is 2.63. The molecule has 0 aliphatic carbocycles. The molecule has 1 rings (SSSR count). The molecule has 108 valence electrons. The van der Waals surface area contributed by atoms with Crippen molar-refractivity contribution in [3.8, 4) is 0 Å². The smallest absolute Gasteiger partial charge is 0.220 e. The van der Waals surface area contributed by atoms with Crippen LogP contribution in [0.4, 0.5) is 0 Å². The third-order valence-corrected chi connectivity index (χ3v) is 3.11. The Hall–Kier alpha value is -1.06. The van der Waals surface area contributed by atoms with Gasteiger partial charge >= 0.3 is 0 Å². The number of halogens is 1. The Bertz CT molecular complexity index is 366. The fraction of sp³-hybridized carbons (Fsp3) is 0.533. The summed E-state index contributed by atoms with van der Waals surface area (Å²) in [5, 5.41) is 2.95. The van der Waals surface area contributed by atoms with Crippen molar-refractivity contribution in [1.29, 1.82) is 0 Å². The molecule has 1 aromatic rings.